The zero-order chi connectivity index (χ0) is 23.7. The van der Waals surface area contributed by atoms with E-state index in [-0.39, 0.29) is 36.6 Å². The summed E-state index contributed by atoms with van der Waals surface area (Å²) in [5.74, 6) is -3.08. The smallest absolute Gasteiger partial charge is 0.266 e. The molecule has 2 aliphatic rings. The van der Waals surface area contributed by atoms with Crippen LogP contribution in [0.5, 0.6) is 5.75 Å². The topological polar surface area (TPSA) is 66.5 Å². The maximum Gasteiger partial charge on any atom is 0.266 e. The van der Waals surface area contributed by atoms with Gasteiger partial charge in [0.15, 0.2) is 11.9 Å². The molecule has 0 spiro atoms. The maximum absolute atomic E-state index is 14.7. The highest BCUT2D eigenvalue weighted by Crippen LogP contribution is 2.39. The lowest BCUT2D eigenvalue weighted by atomic mass is 10.0. The SMILES string of the molecule is O=C(Nc1c(-c2ccccc2F)ccnc1N1CCC(F)(F)C1)C1CNCc2ccccc2O1. The Morgan fingerprint density at radius 1 is 1.12 bits per heavy atom. The number of rotatable bonds is 4. The number of para-hydroxylation sites is 1. The van der Waals surface area contributed by atoms with Crippen LogP contribution in [0, 0.1) is 5.82 Å². The largest absolute Gasteiger partial charge is 0.479 e. The molecule has 2 N–H and O–H groups in total. The number of fused-ring (bicyclic) bond motifs is 1. The quantitative estimate of drug-likeness (QED) is 0.600. The standard InChI is InChI=1S/C25H23F3N4O2/c26-19-7-3-2-6-17(19)18-9-11-30-23(32-12-10-25(27,28)15-32)22(18)31-24(33)21-14-29-13-16-5-1-4-8-20(16)34-21/h1-9,11,21,29H,10,12-15H2,(H,31,33). The number of nitrogens with zero attached hydrogens (tertiary/aromatic N) is 2. The highest BCUT2D eigenvalue weighted by molar-refractivity contribution is 6.01. The summed E-state index contributed by atoms with van der Waals surface area (Å²) < 4.78 is 48.6. The van der Waals surface area contributed by atoms with E-state index in [1.807, 2.05) is 18.2 Å². The van der Waals surface area contributed by atoms with Gasteiger partial charge in [-0.05, 0) is 18.2 Å². The monoisotopic (exact) mass is 468 g/mol. The van der Waals surface area contributed by atoms with Gasteiger partial charge in [0.1, 0.15) is 11.6 Å². The molecule has 9 heteroatoms. The number of carbonyl (C=O) groups is 1. The molecule has 1 atom stereocenters. The highest BCUT2D eigenvalue weighted by atomic mass is 19.3. The molecule has 2 aliphatic heterocycles. The van der Waals surface area contributed by atoms with Gasteiger partial charge in [-0.2, -0.15) is 0 Å². The van der Waals surface area contributed by atoms with Crippen LogP contribution in [0.3, 0.4) is 0 Å². The minimum absolute atomic E-state index is 0.0679. The third-order valence-electron chi connectivity index (χ3n) is 5.99. The third kappa shape index (κ3) is 4.43. The Balaban J connectivity index is 1.51. The molecule has 3 aromatic rings. The predicted molar refractivity (Wildman–Crippen MR) is 123 cm³/mol. The van der Waals surface area contributed by atoms with Crippen molar-refractivity contribution >= 4 is 17.4 Å². The predicted octanol–water partition coefficient (Wildman–Crippen LogP) is 4.22. The van der Waals surface area contributed by atoms with E-state index in [0.29, 0.717) is 17.9 Å². The van der Waals surface area contributed by atoms with E-state index in [2.05, 4.69) is 15.6 Å². The van der Waals surface area contributed by atoms with Crippen molar-refractivity contribution < 1.29 is 22.7 Å². The van der Waals surface area contributed by atoms with E-state index in [0.717, 1.165) is 5.56 Å². The average molecular weight is 468 g/mol. The molecule has 0 radical (unpaired) electrons. The number of alkyl halides is 2. The lowest BCUT2D eigenvalue weighted by molar-refractivity contribution is -0.122. The van der Waals surface area contributed by atoms with Gasteiger partial charge in [0.2, 0.25) is 0 Å². The van der Waals surface area contributed by atoms with Crippen LogP contribution in [0.25, 0.3) is 11.1 Å². The van der Waals surface area contributed by atoms with Gasteiger partial charge >= 0.3 is 0 Å². The number of halogens is 3. The third-order valence-corrected chi connectivity index (χ3v) is 5.99. The Labute approximate surface area is 194 Å². The van der Waals surface area contributed by atoms with E-state index < -0.39 is 30.3 Å². The van der Waals surface area contributed by atoms with Crippen molar-refractivity contribution in [2.45, 2.75) is 25.0 Å². The summed E-state index contributed by atoms with van der Waals surface area (Å²) in [6, 6.07) is 15.1. The van der Waals surface area contributed by atoms with E-state index in [1.165, 1.54) is 17.2 Å². The van der Waals surface area contributed by atoms with Gasteiger partial charge in [0.25, 0.3) is 11.8 Å². The van der Waals surface area contributed by atoms with E-state index in [1.54, 1.807) is 30.3 Å². The van der Waals surface area contributed by atoms with Crippen molar-refractivity contribution in [3.63, 3.8) is 0 Å². The summed E-state index contributed by atoms with van der Waals surface area (Å²) in [6.45, 7) is 0.325. The van der Waals surface area contributed by atoms with Crippen molar-refractivity contribution in [3.05, 3.63) is 72.2 Å². The van der Waals surface area contributed by atoms with Gasteiger partial charge < -0.3 is 20.3 Å². The molecule has 1 saturated heterocycles. The molecule has 1 fully saturated rings. The number of hydrogen-bond acceptors (Lipinski definition) is 5. The number of amides is 1. The molecule has 34 heavy (non-hydrogen) atoms. The van der Waals surface area contributed by atoms with Gasteiger partial charge in [-0.1, -0.05) is 36.4 Å². The lowest BCUT2D eigenvalue weighted by Crippen LogP contribution is -2.40. The van der Waals surface area contributed by atoms with E-state index in [4.69, 9.17) is 4.74 Å². The first-order valence-corrected chi connectivity index (χ1v) is 11.0. The first kappa shape index (κ1) is 22.2. The fourth-order valence-corrected chi connectivity index (χ4v) is 4.28. The Morgan fingerprint density at radius 3 is 2.71 bits per heavy atom. The zero-order valence-corrected chi connectivity index (χ0v) is 18.2. The molecule has 2 aromatic carbocycles. The average Bonchev–Trinajstić information content (AvgIpc) is 3.05. The van der Waals surface area contributed by atoms with Crippen LogP contribution in [0.15, 0.2) is 60.8 Å². The summed E-state index contributed by atoms with van der Waals surface area (Å²) in [5, 5.41) is 6.00. The van der Waals surface area contributed by atoms with Crippen LogP contribution in [0.2, 0.25) is 0 Å². The molecule has 1 aromatic heterocycles. The fraction of sp³-hybridized carbons (Fsp3) is 0.280. The molecule has 176 valence electrons. The number of nitrogens with one attached hydrogen (secondary N) is 2. The maximum atomic E-state index is 14.7. The first-order valence-electron chi connectivity index (χ1n) is 11.0. The number of carbonyl (C=O) groups excluding carboxylic acids is 1. The normalized spacial score (nSPS) is 19.1. The molecule has 0 saturated carbocycles. The van der Waals surface area contributed by atoms with Crippen molar-refractivity contribution in [3.8, 4) is 16.9 Å². The summed E-state index contributed by atoms with van der Waals surface area (Å²) in [6.07, 6.45) is 0.229. The molecular weight excluding hydrogens is 445 g/mol. The molecule has 6 nitrogen and oxygen atoms in total. The molecule has 0 bridgehead atoms. The molecule has 1 amide bonds. The van der Waals surface area contributed by atoms with Gasteiger partial charge in [-0.25, -0.2) is 18.2 Å². The fourth-order valence-electron chi connectivity index (χ4n) is 4.28. The van der Waals surface area contributed by atoms with Crippen molar-refractivity contribution in [1.29, 1.82) is 0 Å². The summed E-state index contributed by atoms with van der Waals surface area (Å²) in [4.78, 5) is 19.0. The van der Waals surface area contributed by atoms with E-state index >= 15 is 0 Å². The van der Waals surface area contributed by atoms with Crippen LogP contribution in [0.1, 0.15) is 12.0 Å². The van der Waals surface area contributed by atoms with Crippen LogP contribution in [-0.2, 0) is 11.3 Å². The van der Waals surface area contributed by atoms with Gasteiger partial charge in [0, 0.05) is 48.9 Å². The minimum atomic E-state index is -2.87. The lowest BCUT2D eigenvalue weighted by Gasteiger charge is -2.24. The van der Waals surface area contributed by atoms with Gasteiger partial charge in [0.05, 0.1) is 12.2 Å². The Morgan fingerprint density at radius 2 is 1.91 bits per heavy atom. The number of pyridine rings is 1. The van der Waals surface area contributed by atoms with Gasteiger partial charge in [-0.3, -0.25) is 4.79 Å². The van der Waals surface area contributed by atoms with Crippen molar-refractivity contribution in [1.82, 2.24) is 10.3 Å². The second kappa shape index (κ2) is 8.98. The molecule has 5 rings (SSSR count). The Hall–Kier alpha value is -3.59. The van der Waals surface area contributed by atoms with Crippen LogP contribution in [-0.4, -0.2) is 42.6 Å². The van der Waals surface area contributed by atoms with Gasteiger partial charge in [-0.15, -0.1) is 0 Å². The summed E-state index contributed by atoms with van der Waals surface area (Å²) in [5.41, 5.74) is 1.69. The van der Waals surface area contributed by atoms with Crippen LogP contribution < -0.4 is 20.3 Å². The number of anilines is 2. The number of ether oxygens (including phenoxy) is 1. The summed E-state index contributed by atoms with van der Waals surface area (Å²) in [7, 11) is 0. The second-order valence-electron chi connectivity index (χ2n) is 8.40. The Kier molecular flexibility index (Phi) is 5.87. The second-order valence-corrected chi connectivity index (χ2v) is 8.40. The summed E-state index contributed by atoms with van der Waals surface area (Å²) >= 11 is 0. The molecular formula is C25H23F3N4O2. The number of hydrogen-bond donors (Lipinski definition) is 2. The molecule has 3 heterocycles. The first-order chi connectivity index (χ1) is 16.4. The highest BCUT2D eigenvalue weighted by Gasteiger charge is 2.40. The molecule has 0 aliphatic carbocycles. The van der Waals surface area contributed by atoms with Crippen molar-refractivity contribution in [2.24, 2.45) is 0 Å². The number of benzene rings is 2. The van der Waals surface area contributed by atoms with Crippen LogP contribution >= 0.6 is 0 Å². The Bertz CT molecular complexity index is 1220. The number of aromatic nitrogens is 1. The minimum Gasteiger partial charge on any atom is -0.479 e. The van der Waals surface area contributed by atoms with Crippen LogP contribution in [0.4, 0.5) is 24.7 Å². The van der Waals surface area contributed by atoms with E-state index in [9.17, 15) is 18.0 Å². The zero-order valence-electron chi connectivity index (χ0n) is 18.2. The molecule has 1 unspecified atom stereocenters. The van der Waals surface area contributed by atoms with Crippen molar-refractivity contribution in [2.75, 3.05) is 29.9 Å².